The van der Waals surface area contributed by atoms with Gasteiger partial charge in [-0.2, -0.15) is 0 Å². The average molecular weight is 380 g/mol. The molecule has 0 aliphatic carbocycles. The van der Waals surface area contributed by atoms with Crippen molar-refractivity contribution in [2.45, 2.75) is 27.7 Å². The van der Waals surface area contributed by atoms with E-state index in [-0.39, 0.29) is 0 Å². The highest BCUT2D eigenvalue weighted by molar-refractivity contribution is 5.80. The molecule has 28 heavy (non-hydrogen) atoms. The summed E-state index contributed by atoms with van der Waals surface area (Å²) in [6.45, 7) is 7.63. The van der Waals surface area contributed by atoms with Gasteiger partial charge in [0.1, 0.15) is 0 Å². The van der Waals surface area contributed by atoms with E-state index in [1.54, 1.807) is 12.2 Å². The number of carboxylic acid groups (broad SMARTS) is 2. The smallest absolute Gasteiger partial charge is 0.328 e. The number of aliphatic carboxylic acids is 2. The fourth-order valence-corrected chi connectivity index (χ4v) is 1.75. The first-order valence-electron chi connectivity index (χ1n) is 8.74. The molecule has 4 heteroatoms. The van der Waals surface area contributed by atoms with Gasteiger partial charge in [0, 0.05) is 12.2 Å². The minimum Gasteiger partial charge on any atom is -0.478 e. The topological polar surface area (TPSA) is 74.6 Å². The van der Waals surface area contributed by atoms with Gasteiger partial charge in [0.05, 0.1) is 0 Å². The minimum atomic E-state index is -0.961. The Kier molecular flexibility index (Phi) is 12.9. The Bertz CT molecular complexity index is 740. The van der Waals surface area contributed by atoms with Crippen molar-refractivity contribution in [2.24, 2.45) is 0 Å². The van der Waals surface area contributed by atoms with Crippen LogP contribution in [-0.2, 0) is 9.59 Å². The summed E-state index contributed by atoms with van der Waals surface area (Å²) >= 11 is 0. The zero-order valence-electron chi connectivity index (χ0n) is 16.8. The zero-order valence-corrected chi connectivity index (χ0v) is 16.8. The average Bonchev–Trinajstić information content (AvgIpc) is 2.61. The van der Waals surface area contributed by atoms with E-state index in [2.05, 4.69) is 0 Å². The summed E-state index contributed by atoms with van der Waals surface area (Å²) in [5.74, 6) is -1.92. The maximum absolute atomic E-state index is 10.4. The predicted octanol–water partition coefficient (Wildman–Crippen LogP) is 5.72. The third-order valence-electron chi connectivity index (χ3n) is 3.24. The highest BCUT2D eigenvalue weighted by Crippen LogP contribution is 2.02. The molecule has 0 heterocycles. The second-order valence-electron chi connectivity index (χ2n) is 6.09. The Balaban J connectivity index is 4.66. The Hall–Kier alpha value is -3.40. The van der Waals surface area contributed by atoms with Crippen molar-refractivity contribution in [3.8, 4) is 0 Å². The van der Waals surface area contributed by atoms with Gasteiger partial charge in [-0.05, 0) is 27.7 Å². The molecule has 0 aliphatic rings. The molecule has 0 fully saturated rings. The van der Waals surface area contributed by atoms with Crippen LogP contribution in [0.15, 0.2) is 107 Å². The van der Waals surface area contributed by atoms with Crippen LogP contribution >= 0.6 is 0 Å². The molecule has 0 atom stereocenters. The molecule has 0 saturated carbocycles. The molecule has 0 aromatic heterocycles. The SMILES string of the molecule is CC(C=CC(=O)O)=CC=CC(C)=C/C=C/C=C(C)/C=C/C=C(C)/C=C/C(=O)O. The van der Waals surface area contributed by atoms with E-state index in [1.165, 1.54) is 0 Å². The molecule has 0 radical (unpaired) electrons. The fraction of sp³-hybridized carbons (Fsp3) is 0.167. The van der Waals surface area contributed by atoms with Gasteiger partial charge in [-0.25, -0.2) is 9.59 Å². The Morgan fingerprint density at radius 3 is 1.07 bits per heavy atom. The van der Waals surface area contributed by atoms with Crippen LogP contribution in [0.2, 0.25) is 0 Å². The van der Waals surface area contributed by atoms with Crippen molar-refractivity contribution in [1.82, 2.24) is 0 Å². The standard InChI is InChI=1S/C24H28O4/c1-19(11-7-13-21(3)15-17-23(25)26)9-5-6-10-20(2)12-8-14-22(4)16-18-24(27)28/h5-18H,1-4H3,(H,25,26)(H,27,28)/b6-5+,11-7+,12-8?,17-15+,18-16?,19-9+,20-10?,21-13+,22-14?. The quantitative estimate of drug-likeness (QED) is 0.375. The second-order valence-corrected chi connectivity index (χ2v) is 6.09. The summed E-state index contributed by atoms with van der Waals surface area (Å²) < 4.78 is 0. The maximum atomic E-state index is 10.4. The van der Waals surface area contributed by atoms with E-state index in [9.17, 15) is 9.59 Å². The van der Waals surface area contributed by atoms with Crippen LogP contribution < -0.4 is 0 Å². The van der Waals surface area contributed by atoms with Crippen molar-refractivity contribution in [3.63, 3.8) is 0 Å². The number of allylic oxidation sites excluding steroid dienone is 16. The summed E-state index contributed by atoms with van der Waals surface area (Å²) in [5.41, 5.74) is 3.84. The van der Waals surface area contributed by atoms with Crippen LogP contribution in [-0.4, -0.2) is 22.2 Å². The molecule has 0 amide bonds. The van der Waals surface area contributed by atoms with Gasteiger partial charge in [0.15, 0.2) is 0 Å². The summed E-state index contributed by atoms with van der Waals surface area (Å²) in [7, 11) is 0. The first kappa shape index (κ1) is 24.6. The van der Waals surface area contributed by atoms with Crippen LogP contribution in [0.1, 0.15) is 27.7 Å². The molecular weight excluding hydrogens is 352 g/mol. The Labute approximate surface area is 167 Å². The third kappa shape index (κ3) is 16.1. The Morgan fingerprint density at radius 1 is 0.464 bits per heavy atom. The normalized spacial score (nSPS) is 15.1. The summed E-state index contributed by atoms with van der Waals surface area (Å²) in [5, 5.41) is 17.1. The van der Waals surface area contributed by atoms with Crippen molar-refractivity contribution in [3.05, 3.63) is 107 Å². The molecule has 148 valence electrons. The molecule has 0 spiro atoms. The molecule has 0 aliphatic heterocycles. The fourth-order valence-electron chi connectivity index (χ4n) is 1.75. The van der Waals surface area contributed by atoms with Crippen LogP contribution in [0.25, 0.3) is 0 Å². The van der Waals surface area contributed by atoms with Gasteiger partial charge in [-0.1, -0.05) is 95.2 Å². The van der Waals surface area contributed by atoms with Gasteiger partial charge in [0.2, 0.25) is 0 Å². The molecule has 2 N–H and O–H groups in total. The van der Waals surface area contributed by atoms with Crippen LogP contribution in [0, 0.1) is 0 Å². The third-order valence-corrected chi connectivity index (χ3v) is 3.24. The van der Waals surface area contributed by atoms with Crippen molar-refractivity contribution in [2.75, 3.05) is 0 Å². The summed E-state index contributed by atoms with van der Waals surface area (Å²) in [6.07, 6.45) is 24.5. The number of rotatable bonds is 10. The molecule has 0 unspecified atom stereocenters. The number of hydrogen-bond donors (Lipinski definition) is 2. The van der Waals surface area contributed by atoms with Crippen LogP contribution in [0.3, 0.4) is 0 Å². The molecule has 0 saturated heterocycles. The number of carboxylic acids is 2. The monoisotopic (exact) mass is 380 g/mol. The molecule has 0 aromatic rings. The lowest BCUT2D eigenvalue weighted by Crippen LogP contribution is -1.85. The number of hydrogen-bond acceptors (Lipinski definition) is 2. The van der Waals surface area contributed by atoms with Gasteiger partial charge in [0.25, 0.3) is 0 Å². The van der Waals surface area contributed by atoms with Crippen LogP contribution in [0.4, 0.5) is 0 Å². The predicted molar refractivity (Wildman–Crippen MR) is 116 cm³/mol. The highest BCUT2D eigenvalue weighted by atomic mass is 16.4. The van der Waals surface area contributed by atoms with Crippen LogP contribution in [0.5, 0.6) is 0 Å². The first-order chi connectivity index (χ1) is 13.2. The van der Waals surface area contributed by atoms with Crippen molar-refractivity contribution >= 4 is 11.9 Å². The van der Waals surface area contributed by atoms with Crippen molar-refractivity contribution < 1.29 is 19.8 Å². The highest BCUT2D eigenvalue weighted by Gasteiger charge is 1.86. The Morgan fingerprint density at radius 2 is 0.750 bits per heavy atom. The minimum absolute atomic E-state index is 0.857. The van der Waals surface area contributed by atoms with E-state index < -0.39 is 11.9 Å². The van der Waals surface area contributed by atoms with Gasteiger partial charge >= 0.3 is 11.9 Å². The van der Waals surface area contributed by atoms with E-state index in [0.717, 1.165) is 34.4 Å². The van der Waals surface area contributed by atoms with E-state index in [1.807, 2.05) is 88.5 Å². The number of carbonyl (C=O) groups is 2. The lowest BCUT2D eigenvalue weighted by molar-refractivity contribution is -0.132. The van der Waals surface area contributed by atoms with Gasteiger partial charge in [-0.15, -0.1) is 0 Å². The molecule has 4 nitrogen and oxygen atoms in total. The molecule has 0 bridgehead atoms. The van der Waals surface area contributed by atoms with E-state index in [4.69, 9.17) is 10.2 Å². The van der Waals surface area contributed by atoms with Crippen molar-refractivity contribution in [1.29, 1.82) is 0 Å². The largest absolute Gasteiger partial charge is 0.478 e. The van der Waals surface area contributed by atoms with E-state index in [0.29, 0.717) is 0 Å². The van der Waals surface area contributed by atoms with E-state index >= 15 is 0 Å². The summed E-state index contributed by atoms with van der Waals surface area (Å²) in [6, 6.07) is 0. The second kappa shape index (κ2) is 14.7. The lowest BCUT2D eigenvalue weighted by atomic mass is 10.2. The lowest BCUT2D eigenvalue weighted by Gasteiger charge is -1.90. The maximum Gasteiger partial charge on any atom is 0.328 e. The zero-order chi connectivity index (χ0) is 21.4. The summed E-state index contributed by atoms with van der Waals surface area (Å²) in [4.78, 5) is 20.9. The van der Waals surface area contributed by atoms with Gasteiger partial charge in [-0.3, -0.25) is 0 Å². The molecular formula is C24H28O4. The van der Waals surface area contributed by atoms with Gasteiger partial charge < -0.3 is 10.2 Å². The molecule has 0 aromatic carbocycles. The molecule has 0 rings (SSSR count). The first-order valence-corrected chi connectivity index (χ1v) is 8.74.